The Hall–Kier alpha value is -1.82. The second-order valence-corrected chi connectivity index (χ2v) is 8.60. The summed E-state index contributed by atoms with van der Waals surface area (Å²) < 4.78 is 5.79. The van der Waals surface area contributed by atoms with Gasteiger partial charge in [0.2, 0.25) is 0 Å². The van der Waals surface area contributed by atoms with E-state index in [0.29, 0.717) is 35.9 Å². The Morgan fingerprint density at radius 2 is 2.12 bits per heavy atom. The molecule has 0 aromatic rings. The number of rotatable bonds is 2. The van der Waals surface area contributed by atoms with Crippen LogP contribution in [0.3, 0.4) is 0 Å². The summed E-state index contributed by atoms with van der Waals surface area (Å²) in [5.41, 5.74) is 0.305. The molecule has 0 aliphatic heterocycles. The van der Waals surface area contributed by atoms with Crippen LogP contribution >= 0.6 is 0 Å². The molecule has 3 heteroatoms. The molecule has 0 radical (unpaired) electrons. The van der Waals surface area contributed by atoms with Gasteiger partial charge in [-0.2, -0.15) is 0 Å². The molecular weight excluding hydrogens is 324 g/mol. The van der Waals surface area contributed by atoms with Crippen molar-refractivity contribution in [3.05, 3.63) is 23.8 Å². The van der Waals surface area contributed by atoms with Crippen molar-refractivity contribution in [3.8, 4) is 12.3 Å². The third-order valence-electron chi connectivity index (χ3n) is 7.81. The monoisotopic (exact) mass is 352 g/mol. The molecule has 26 heavy (non-hydrogen) atoms. The first kappa shape index (κ1) is 17.6. The lowest BCUT2D eigenvalue weighted by molar-refractivity contribution is -0.165. The molecule has 6 unspecified atom stereocenters. The van der Waals surface area contributed by atoms with Gasteiger partial charge in [0.25, 0.3) is 0 Å². The highest BCUT2D eigenvalue weighted by molar-refractivity contribution is 5.91. The van der Waals surface area contributed by atoms with E-state index in [1.165, 1.54) is 12.5 Å². The molecule has 0 spiro atoms. The van der Waals surface area contributed by atoms with Crippen LogP contribution in [-0.4, -0.2) is 17.4 Å². The molecule has 4 rings (SSSR count). The second-order valence-electron chi connectivity index (χ2n) is 8.60. The van der Waals surface area contributed by atoms with Crippen molar-refractivity contribution >= 4 is 11.8 Å². The average Bonchev–Trinajstić information content (AvgIpc) is 2.95. The van der Waals surface area contributed by atoms with E-state index < -0.39 is 5.60 Å². The molecule has 138 valence electrons. The number of terminal acetylenes is 1. The van der Waals surface area contributed by atoms with E-state index in [1.54, 1.807) is 0 Å². The van der Waals surface area contributed by atoms with Crippen LogP contribution < -0.4 is 0 Å². The van der Waals surface area contributed by atoms with Crippen LogP contribution in [0, 0.1) is 41.4 Å². The first-order chi connectivity index (χ1) is 12.5. The van der Waals surface area contributed by atoms with Crippen LogP contribution in [0.4, 0.5) is 0 Å². The summed E-state index contributed by atoms with van der Waals surface area (Å²) in [5.74, 6) is 4.99. The van der Waals surface area contributed by atoms with Gasteiger partial charge in [-0.25, -0.2) is 0 Å². The molecule has 2 fully saturated rings. The molecule has 4 aliphatic carbocycles. The minimum absolute atomic E-state index is 0.180. The standard InChI is InChI=1S/C23H28O3/c1-4-22-12-10-19-18-9-7-17(25)14-16(18)6-8-20(19)21(22)11-13-23(22,5-2)26-15(3)24/h2,11,13-14,18-21H,4,6-10,12H2,1,3H3. The summed E-state index contributed by atoms with van der Waals surface area (Å²) in [7, 11) is 0. The number of hydrogen-bond acceptors (Lipinski definition) is 3. The van der Waals surface area contributed by atoms with Crippen molar-refractivity contribution in [2.24, 2.45) is 29.1 Å². The Labute approximate surface area is 156 Å². The van der Waals surface area contributed by atoms with Crippen molar-refractivity contribution in [3.63, 3.8) is 0 Å². The molecule has 0 saturated heterocycles. The highest BCUT2D eigenvalue weighted by atomic mass is 16.6. The van der Waals surface area contributed by atoms with Crippen molar-refractivity contribution in [2.75, 3.05) is 0 Å². The van der Waals surface area contributed by atoms with E-state index in [2.05, 4.69) is 18.9 Å². The second kappa shape index (κ2) is 6.12. The normalized spacial score (nSPS) is 43.6. The number of esters is 1. The zero-order valence-corrected chi connectivity index (χ0v) is 15.8. The van der Waals surface area contributed by atoms with E-state index in [-0.39, 0.29) is 11.4 Å². The first-order valence-corrected chi connectivity index (χ1v) is 10.1. The van der Waals surface area contributed by atoms with Crippen LogP contribution in [0.15, 0.2) is 23.8 Å². The van der Waals surface area contributed by atoms with Gasteiger partial charge in [0.1, 0.15) is 0 Å². The zero-order valence-electron chi connectivity index (χ0n) is 15.8. The summed E-state index contributed by atoms with van der Waals surface area (Å²) >= 11 is 0. The SMILES string of the molecule is C#CC1(OC(C)=O)C=CC2C3CCC4=CC(=O)CCC4C3CCC21CC. The summed E-state index contributed by atoms with van der Waals surface area (Å²) in [5, 5.41) is 0. The van der Waals surface area contributed by atoms with Crippen molar-refractivity contribution < 1.29 is 14.3 Å². The molecule has 4 aliphatic rings. The molecule has 0 N–H and O–H groups in total. The Morgan fingerprint density at radius 3 is 2.81 bits per heavy atom. The predicted molar refractivity (Wildman–Crippen MR) is 99.9 cm³/mol. The topological polar surface area (TPSA) is 43.4 Å². The number of allylic oxidation sites excluding steroid dienone is 3. The predicted octanol–water partition coefficient (Wildman–Crippen LogP) is 4.23. The van der Waals surface area contributed by atoms with Gasteiger partial charge in [-0.3, -0.25) is 9.59 Å². The fourth-order valence-electron chi connectivity index (χ4n) is 6.75. The molecule has 6 atom stereocenters. The lowest BCUT2D eigenvalue weighted by Crippen LogP contribution is -2.55. The van der Waals surface area contributed by atoms with Crippen LogP contribution in [0.25, 0.3) is 0 Å². The molecule has 3 nitrogen and oxygen atoms in total. The van der Waals surface area contributed by atoms with Crippen LogP contribution in [0.2, 0.25) is 0 Å². The van der Waals surface area contributed by atoms with Crippen LogP contribution in [-0.2, 0) is 14.3 Å². The number of ether oxygens (including phenoxy) is 1. The van der Waals surface area contributed by atoms with Gasteiger partial charge in [0, 0.05) is 18.8 Å². The Kier molecular flexibility index (Phi) is 4.14. The van der Waals surface area contributed by atoms with E-state index in [1.807, 2.05) is 12.2 Å². The van der Waals surface area contributed by atoms with Gasteiger partial charge in [0.15, 0.2) is 11.4 Å². The first-order valence-electron chi connectivity index (χ1n) is 10.1. The quantitative estimate of drug-likeness (QED) is 0.424. The van der Waals surface area contributed by atoms with E-state index in [0.717, 1.165) is 38.5 Å². The van der Waals surface area contributed by atoms with Gasteiger partial charge in [-0.05, 0) is 74.3 Å². The maximum atomic E-state index is 11.8. The lowest BCUT2D eigenvalue weighted by atomic mass is 9.49. The fourth-order valence-corrected chi connectivity index (χ4v) is 6.75. The Balaban J connectivity index is 1.69. The fraction of sp³-hybridized carbons (Fsp3) is 0.652. The molecule has 0 heterocycles. The van der Waals surface area contributed by atoms with Crippen molar-refractivity contribution in [1.29, 1.82) is 0 Å². The highest BCUT2D eigenvalue weighted by Crippen LogP contribution is 2.64. The van der Waals surface area contributed by atoms with Crippen LogP contribution in [0.1, 0.15) is 58.8 Å². The van der Waals surface area contributed by atoms with Crippen molar-refractivity contribution in [2.45, 2.75) is 64.4 Å². The van der Waals surface area contributed by atoms with Gasteiger partial charge < -0.3 is 4.74 Å². The maximum Gasteiger partial charge on any atom is 0.304 e. The minimum Gasteiger partial charge on any atom is -0.442 e. The van der Waals surface area contributed by atoms with E-state index in [9.17, 15) is 9.59 Å². The summed E-state index contributed by atoms with van der Waals surface area (Å²) in [6, 6.07) is 0. The molecule has 0 aromatic heterocycles. The number of fused-ring (bicyclic) bond motifs is 5. The van der Waals surface area contributed by atoms with E-state index in [4.69, 9.17) is 11.2 Å². The summed E-state index contributed by atoms with van der Waals surface area (Å²) in [6.45, 7) is 3.63. The Morgan fingerprint density at radius 1 is 1.31 bits per heavy atom. The third-order valence-corrected chi connectivity index (χ3v) is 7.81. The smallest absolute Gasteiger partial charge is 0.304 e. The van der Waals surface area contributed by atoms with Gasteiger partial charge in [-0.1, -0.05) is 24.5 Å². The number of carbonyl (C=O) groups excluding carboxylic acids is 2. The number of ketones is 1. The molecule has 0 aromatic carbocycles. The summed E-state index contributed by atoms with van der Waals surface area (Å²) in [4.78, 5) is 23.6. The minimum atomic E-state index is -0.901. The van der Waals surface area contributed by atoms with Crippen LogP contribution in [0.5, 0.6) is 0 Å². The number of hydrogen-bond donors (Lipinski definition) is 0. The average molecular weight is 352 g/mol. The third kappa shape index (κ3) is 2.27. The number of carbonyl (C=O) groups is 2. The molecule has 0 bridgehead atoms. The van der Waals surface area contributed by atoms with Crippen molar-refractivity contribution in [1.82, 2.24) is 0 Å². The Bertz CT molecular complexity index is 739. The van der Waals surface area contributed by atoms with E-state index >= 15 is 0 Å². The zero-order chi connectivity index (χ0) is 18.5. The maximum absolute atomic E-state index is 11.8. The van der Waals surface area contributed by atoms with Gasteiger partial charge in [0.05, 0.1) is 0 Å². The van der Waals surface area contributed by atoms with Gasteiger partial charge >= 0.3 is 5.97 Å². The molecule has 0 amide bonds. The molecule has 2 saturated carbocycles. The molecular formula is C23H28O3. The van der Waals surface area contributed by atoms with Gasteiger partial charge in [-0.15, -0.1) is 6.42 Å². The largest absolute Gasteiger partial charge is 0.442 e. The summed E-state index contributed by atoms with van der Waals surface area (Å²) in [6.07, 6.45) is 19.0. The lowest BCUT2D eigenvalue weighted by Gasteiger charge is -2.56. The highest BCUT2D eigenvalue weighted by Gasteiger charge is 2.63.